The highest BCUT2D eigenvalue weighted by atomic mass is 16.5. The minimum atomic E-state index is -0.586. The van der Waals surface area contributed by atoms with Gasteiger partial charge in [-0.1, -0.05) is 12.1 Å². The van der Waals surface area contributed by atoms with Gasteiger partial charge in [-0.25, -0.2) is 0 Å². The maximum Gasteiger partial charge on any atom is 0.255 e. The van der Waals surface area contributed by atoms with E-state index >= 15 is 0 Å². The van der Waals surface area contributed by atoms with E-state index in [1.54, 1.807) is 4.90 Å². The second-order valence-corrected chi connectivity index (χ2v) is 8.02. The molecular weight excluding hydrogens is 382 g/mol. The van der Waals surface area contributed by atoms with E-state index in [-0.39, 0.29) is 24.1 Å². The van der Waals surface area contributed by atoms with Crippen LogP contribution in [0.4, 0.5) is 5.69 Å². The highest BCUT2D eigenvalue weighted by Crippen LogP contribution is 2.30. The van der Waals surface area contributed by atoms with Gasteiger partial charge in [0.25, 0.3) is 5.91 Å². The predicted molar refractivity (Wildman–Crippen MR) is 110 cm³/mol. The van der Waals surface area contributed by atoms with Crippen molar-refractivity contribution < 1.29 is 19.1 Å². The molecule has 0 bridgehead atoms. The highest BCUT2D eigenvalue weighted by molar-refractivity contribution is 6.05. The van der Waals surface area contributed by atoms with Crippen molar-refractivity contribution in [3.8, 4) is 5.75 Å². The van der Waals surface area contributed by atoms with Crippen LogP contribution in [-0.2, 0) is 29.1 Å². The average molecular weight is 405 g/mol. The molecule has 7 heteroatoms. The molecule has 0 aliphatic carbocycles. The third kappa shape index (κ3) is 3.40. The molecule has 3 aliphatic heterocycles. The Bertz CT molecular complexity index is 1050. The zero-order valence-corrected chi connectivity index (χ0v) is 16.6. The maximum absolute atomic E-state index is 12.8. The molecule has 7 nitrogen and oxygen atoms in total. The van der Waals surface area contributed by atoms with Crippen molar-refractivity contribution in [2.45, 2.75) is 44.8 Å². The number of aryl methyl sites for hydroxylation is 1. The van der Waals surface area contributed by atoms with Crippen LogP contribution >= 0.6 is 0 Å². The van der Waals surface area contributed by atoms with Crippen LogP contribution in [0.5, 0.6) is 5.75 Å². The molecule has 1 saturated heterocycles. The van der Waals surface area contributed by atoms with E-state index in [1.165, 1.54) is 11.1 Å². The molecule has 5 rings (SSSR count). The predicted octanol–water partition coefficient (Wildman–Crippen LogP) is 2.38. The van der Waals surface area contributed by atoms with Gasteiger partial charge in [0.15, 0.2) is 0 Å². The quantitative estimate of drug-likeness (QED) is 0.763. The summed E-state index contributed by atoms with van der Waals surface area (Å²) in [6, 6.07) is 11.4. The number of nitrogens with zero attached hydrogens (tertiary/aromatic N) is 1. The SMILES string of the molecule is O=C1CCC(N2Cc3cc(NCc4ccc5c(c4)CCCO5)ccc3C2=O)C(=O)N1. The minimum Gasteiger partial charge on any atom is -0.493 e. The number of carbonyl (C=O) groups is 3. The number of fused-ring (bicyclic) bond motifs is 2. The molecule has 1 unspecified atom stereocenters. The van der Waals surface area contributed by atoms with Crippen LogP contribution < -0.4 is 15.4 Å². The van der Waals surface area contributed by atoms with Gasteiger partial charge in [0.1, 0.15) is 11.8 Å². The number of hydrogen-bond acceptors (Lipinski definition) is 5. The van der Waals surface area contributed by atoms with Crippen LogP contribution in [-0.4, -0.2) is 35.3 Å². The fraction of sp³-hybridized carbons (Fsp3) is 0.348. The smallest absolute Gasteiger partial charge is 0.255 e. The fourth-order valence-corrected chi connectivity index (χ4v) is 4.41. The Labute approximate surface area is 174 Å². The summed E-state index contributed by atoms with van der Waals surface area (Å²) in [5.74, 6) is 0.165. The van der Waals surface area contributed by atoms with E-state index in [9.17, 15) is 14.4 Å². The zero-order valence-electron chi connectivity index (χ0n) is 16.6. The van der Waals surface area contributed by atoms with Crippen molar-refractivity contribution in [2.75, 3.05) is 11.9 Å². The molecule has 1 atom stereocenters. The van der Waals surface area contributed by atoms with Crippen LogP contribution in [0.1, 0.15) is 46.3 Å². The molecule has 1 fully saturated rings. The number of rotatable bonds is 4. The lowest BCUT2D eigenvalue weighted by Gasteiger charge is -2.29. The van der Waals surface area contributed by atoms with Crippen LogP contribution in [0.15, 0.2) is 36.4 Å². The van der Waals surface area contributed by atoms with Gasteiger partial charge in [-0.15, -0.1) is 0 Å². The number of carbonyl (C=O) groups excluding carboxylic acids is 3. The first-order valence-electron chi connectivity index (χ1n) is 10.3. The van der Waals surface area contributed by atoms with Crippen LogP contribution in [0.25, 0.3) is 0 Å². The van der Waals surface area contributed by atoms with Crippen molar-refractivity contribution in [1.29, 1.82) is 0 Å². The number of nitrogens with one attached hydrogen (secondary N) is 2. The first-order valence-corrected chi connectivity index (χ1v) is 10.3. The molecule has 0 spiro atoms. The number of benzene rings is 2. The van der Waals surface area contributed by atoms with Gasteiger partial charge in [-0.3, -0.25) is 19.7 Å². The monoisotopic (exact) mass is 405 g/mol. The first kappa shape index (κ1) is 18.7. The molecule has 3 heterocycles. The Hall–Kier alpha value is -3.35. The Morgan fingerprint density at radius 3 is 2.83 bits per heavy atom. The van der Waals surface area contributed by atoms with Crippen LogP contribution in [0.3, 0.4) is 0 Å². The number of hydrogen-bond donors (Lipinski definition) is 2. The summed E-state index contributed by atoms with van der Waals surface area (Å²) in [6.45, 7) is 1.84. The number of imide groups is 1. The van der Waals surface area contributed by atoms with Crippen molar-refractivity contribution in [3.63, 3.8) is 0 Å². The van der Waals surface area contributed by atoms with E-state index in [1.807, 2.05) is 24.3 Å². The molecule has 30 heavy (non-hydrogen) atoms. The average Bonchev–Trinajstić information content (AvgIpc) is 3.08. The van der Waals surface area contributed by atoms with E-state index in [4.69, 9.17) is 4.74 Å². The summed E-state index contributed by atoms with van der Waals surface area (Å²) >= 11 is 0. The van der Waals surface area contributed by atoms with E-state index < -0.39 is 6.04 Å². The summed E-state index contributed by atoms with van der Waals surface area (Å²) in [7, 11) is 0. The van der Waals surface area contributed by atoms with Gasteiger partial charge in [0.2, 0.25) is 11.8 Å². The molecule has 2 N–H and O–H groups in total. The van der Waals surface area contributed by atoms with E-state index in [2.05, 4.69) is 22.8 Å². The lowest BCUT2D eigenvalue weighted by molar-refractivity contribution is -0.136. The Morgan fingerprint density at radius 2 is 1.97 bits per heavy atom. The molecule has 0 aromatic heterocycles. The summed E-state index contributed by atoms with van der Waals surface area (Å²) in [5.41, 5.74) is 4.88. The Balaban J connectivity index is 1.27. The lowest BCUT2D eigenvalue weighted by Crippen LogP contribution is -2.52. The number of ether oxygens (including phenoxy) is 1. The number of piperidine rings is 1. The Kier molecular flexibility index (Phi) is 4.65. The van der Waals surface area contributed by atoms with Crippen LogP contribution in [0.2, 0.25) is 0 Å². The van der Waals surface area contributed by atoms with Gasteiger partial charge >= 0.3 is 0 Å². The molecule has 2 aromatic carbocycles. The highest BCUT2D eigenvalue weighted by Gasteiger charge is 2.39. The van der Waals surface area contributed by atoms with Gasteiger partial charge in [-0.05, 0) is 60.2 Å². The Morgan fingerprint density at radius 1 is 1.07 bits per heavy atom. The maximum atomic E-state index is 12.8. The van der Waals surface area contributed by atoms with E-state index in [0.717, 1.165) is 36.4 Å². The first-order chi connectivity index (χ1) is 14.6. The molecule has 0 radical (unpaired) electrons. The van der Waals surface area contributed by atoms with Gasteiger partial charge in [-0.2, -0.15) is 0 Å². The van der Waals surface area contributed by atoms with Crippen molar-refractivity contribution in [3.05, 3.63) is 58.7 Å². The largest absolute Gasteiger partial charge is 0.493 e. The minimum absolute atomic E-state index is 0.152. The van der Waals surface area contributed by atoms with E-state index in [0.29, 0.717) is 25.1 Å². The van der Waals surface area contributed by atoms with Gasteiger partial charge in [0.05, 0.1) is 6.61 Å². The van der Waals surface area contributed by atoms with Crippen LogP contribution in [0, 0.1) is 0 Å². The summed E-state index contributed by atoms with van der Waals surface area (Å²) in [5, 5.41) is 5.76. The zero-order chi connectivity index (χ0) is 20.7. The second-order valence-electron chi connectivity index (χ2n) is 8.02. The van der Waals surface area contributed by atoms with Crippen molar-refractivity contribution in [2.24, 2.45) is 0 Å². The summed E-state index contributed by atoms with van der Waals surface area (Å²) in [6.07, 6.45) is 2.72. The topological polar surface area (TPSA) is 87.7 Å². The summed E-state index contributed by atoms with van der Waals surface area (Å²) in [4.78, 5) is 37.9. The second kappa shape index (κ2) is 7.48. The van der Waals surface area contributed by atoms with Crippen molar-refractivity contribution in [1.82, 2.24) is 10.2 Å². The van der Waals surface area contributed by atoms with Gasteiger partial charge in [0, 0.05) is 30.8 Å². The fourth-order valence-electron chi connectivity index (χ4n) is 4.41. The molecule has 3 amide bonds. The number of anilines is 1. The molecule has 2 aromatic rings. The number of amides is 3. The third-order valence-electron chi connectivity index (χ3n) is 5.99. The molecule has 3 aliphatic rings. The third-order valence-corrected chi connectivity index (χ3v) is 5.99. The lowest BCUT2D eigenvalue weighted by atomic mass is 10.0. The molecule has 154 valence electrons. The standard InChI is InChI=1S/C23H23N3O4/c27-21-8-6-19(22(28)25-21)26-13-16-11-17(4-5-18(16)23(26)29)24-12-14-3-7-20-15(10-14)2-1-9-30-20/h3-5,7,10-11,19,24H,1-2,6,8-9,12-13H2,(H,25,27,28). The van der Waals surface area contributed by atoms with Gasteiger partial charge < -0.3 is 15.0 Å². The molecule has 0 saturated carbocycles. The van der Waals surface area contributed by atoms with Crippen molar-refractivity contribution >= 4 is 23.4 Å². The normalized spacial score (nSPS) is 20.3. The summed E-state index contributed by atoms with van der Waals surface area (Å²) < 4.78 is 5.67. The molecular formula is C23H23N3O4.